The maximum absolute atomic E-state index is 12.9. The third-order valence-electron chi connectivity index (χ3n) is 4.42. The van der Waals surface area contributed by atoms with Crippen molar-refractivity contribution in [3.05, 3.63) is 54.1 Å². The standard InChI is InChI=1S/C19H23FN6O2/c20-16-5-3-15(4-6-16)17(27)21-7-1-10-24-19(28)26-13-11-25(12-14-26)18-22-8-2-9-23-18/h2-6,8-9H,1,7,10-14H2,(H,21,27)(H,24,28). The zero-order valence-electron chi connectivity index (χ0n) is 15.5. The maximum atomic E-state index is 12.9. The molecule has 3 rings (SSSR count). The van der Waals surface area contributed by atoms with Gasteiger partial charge in [0.05, 0.1) is 0 Å². The summed E-state index contributed by atoms with van der Waals surface area (Å²) in [5.41, 5.74) is 0.408. The molecule has 148 valence electrons. The van der Waals surface area contributed by atoms with Crippen LogP contribution in [0.2, 0.25) is 0 Å². The van der Waals surface area contributed by atoms with Gasteiger partial charge < -0.3 is 20.4 Å². The van der Waals surface area contributed by atoms with E-state index in [0.29, 0.717) is 57.2 Å². The minimum absolute atomic E-state index is 0.113. The number of nitrogens with one attached hydrogen (secondary N) is 2. The molecule has 2 heterocycles. The maximum Gasteiger partial charge on any atom is 0.317 e. The molecule has 0 radical (unpaired) electrons. The highest BCUT2D eigenvalue weighted by Crippen LogP contribution is 2.09. The zero-order chi connectivity index (χ0) is 19.8. The molecule has 0 bridgehead atoms. The largest absolute Gasteiger partial charge is 0.352 e. The van der Waals surface area contributed by atoms with Crippen LogP contribution < -0.4 is 15.5 Å². The average Bonchev–Trinajstić information content (AvgIpc) is 2.74. The molecule has 1 saturated heterocycles. The highest BCUT2D eigenvalue weighted by molar-refractivity contribution is 5.94. The quantitative estimate of drug-likeness (QED) is 0.730. The first-order valence-electron chi connectivity index (χ1n) is 9.22. The van der Waals surface area contributed by atoms with Crippen LogP contribution in [0.3, 0.4) is 0 Å². The summed E-state index contributed by atoms with van der Waals surface area (Å²) in [7, 11) is 0. The number of nitrogens with zero attached hydrogens (tertiary/aromatic N) is 4. The van der Waals surface area contributed by atoms with E-state index >= 15 is 0 Å². The van der Waals surface area contributed by atoms with Crippen LogP contribution in [0.15, 0.2) is 42.7 Å². The van der Waals surface area contributed by atoms with Crippen molar-refractivity contribution in [3.8, 4) is 0 Å². The van der Waals surface area contributed by atoms with Gasteiger partial charge >= 0.3 is 6.03 Å². The van der Waals surface area contributed by atoms with Crippen LogP contribution in [0.5, 0.6) is 0 Å². The Morgan fingerprint density at radius 1 is 0.964 bits per heavy atom. The molecule has 1 aromatic heterocycles. The van der Waals surface area contributed by atoms with Gasteiger partial charge in [0.25, 0.3) is 5.91 Å². The van der Waals surface area contributed by atoms with E-state index in [4.69, 9.17) is 0 Å². The van der Waals surface area contributed by atoms with Gasteiger partial charge in [-0.2, -0.15) is 0 Å². The Morgan fingerprint density at radius 2 is 1.61 bits per heavy atom. The number of benzene rings is 1. The topological polar surface area (TPSA) is 90.5 Å². The molecular formula is C19H23FN6O2. The molecule has 0 unspecified atom stereocenters. The number of hydrogen-bond acceptors (Lipinski definition) is 5. The highest BCUT2D eigenvalue weighted by Gasteiger charge is 2.22. The van der Waals surface area contributed by atoms with Crippen molar-refractivity contribution in [2.45, 2.75) is 6.42 Å². The van der Waals surface area contributed by atoms with Crippen molar-refractivity contribution in [2.24, 2.45) is 0 Å². The summed E-state index contributed by atoms with van der Waals surface area (Å²) in [6.07, 6.45) is 4.02. The van der Waals surface area contributed by atoms with Crippen LogP contribution in [-0.2, 0) is 0 Å². The summed E-state index contributed by atoms with van der Waals surface area (Å²) in [6.45, 7) is 3.47. The number of amides is 3. The number of aromatic nitrogens is 2. The number of halogens is 1. The highest BCUT2D eigenvalue weighted by atomic mass is 19.1. The number of carbonyl (C=O) groups is 2. The summed E-state index contributed by atoms with van der Waals surface area (Å²) in [6, 6.07) is 7.03. The summed E-state index contributed by atoms with van der Waals surface area (Å²) < 4.78 is 12.9. The predicted molar refractivity (Wildman–Crippen MR) is 103 cm³/mol. The van der Waals surface area contributed by atoms with Crippen LogP contribution in [0.25, 0.3) is 0 Å². The van der Waals surface area contributed by atoms with Gasteiger partial charge in [-0.15, -0.1) is 0 Å². The molecule has 28 heavy (non-hydrogen) atoms. The lowest BCUT2D eigenvalue weighted by Crippen LogP contribution is -2.52. The normalized spacial score (nSPS) is 13.9. The van der Waals surface area contributed by atoms with Crippen molar-refractivity contribution in [2.75, 3.05) is 44.2 Å². The smallest absolute Gasteiger partial charge is 0.317 e. The van der Waals surface area contributed by atoms with Gasteiger partial charge in [-0.1, -0.05) is 0 Å². The van der Waals surface area contributed by atoms with Crippen LogP contribution in [0.1, 0.15) is 16.8 Å². The fourth-order valence-corrected chi connectivity index (χ4v) is 2.86. The number of anilines is 1. The third kappa shape index (κ3) is 5.38. The third-order valence-corrected chi connectivity index (χ3v) is 4.42. The van der Waals surface area contributed by atoms with Crippen molar-refractivity contribution in [3.63, 3.8) is 0 Å². The van der Waals surface area contributed by atoms with Crippen molar-refractivity contribution >= 4 is 17.9 Å². The van der Waals surface area contributed by atoms with E-state index in [1.54, 1.807) is 23.4 Å². The van der Waals surface area contributed by atoms with E-state index < -0.39 is 0 Å². The SMILES string of the molecule is O=C(NCCCNC(=O)N1CCN(c2ncccn2)CC1)c1ccc(F)cc1. The Hall–Kier alpha value is -3.23. The molecule has 0 saturated carbocycles. The summed E-state index contributed by atoms with van der Waals surface area (Å²) >= 11 is 0. The van der Waals surface area contributed by atoms with Crippen molar-refractivity contribution in [1.82, 2.24) is 25.5 Å². The first kappa shape index (κ1) is 19.5. The molecule has 0 spiro atoms. The Kier molecular flexibility index (Phi) is 6.72. The molecule has 8 nitrogen and oxygen atoms in total. The molecule has 1 aliphatic rings. The van der Waals surface area contributed by atoms with Gasteiger partial charge in [0.15, 0.2) is 0 Å². The minimum Gasteiger partial charge on any atom is -0.352 e. The van der Waals surface area contributed by atoms with Gasteiger partial charge in [-0.3, -0.25) is 4.79 Å². The fourth-order valence-electron chi connectivity index (χ4n) is 2.86. The van der Waals surface area contributed by atoms with Crippen molar-refractivity contribution in [1.29, 1.82) is 0 Å². The van der Waals surface area contributed by atoms with Gasteiger partial charge in [-0.05, 0) is 36.8 Å². The van der Waals surface area contributed by atoms with Gasteiger partial charge in [0.1, 0.15) is 5.82 Å². The van der Waals surface area contributed by atoms with E-state index in [0.717, 1.165) is 0 Å². The number of hydrogen-bond donors (Lipinski definition) is 2. The monoisotopic (exact) mass is 386 g/mol. The molecule has 2 aromatic rings. The molecular weight excluding hydrogens is 363 g/mol. The number of rotatable bonds is 6. The van der Waals surface area contributed by atoms with E-state index in [2.05, 4.69) is 25.5 Å². The summed E-state index contributed by atoms with van der Waals surface area (Å²) in [4.78, 5) is 36.4. The lowest BCUT2D eigenvalue weighted by molar-refractivity contribution is 0.0953. The lowest BCUT2D eigenvalue weighted by atomic mass is 10.2. The Bertz CT molecular complexity index is 779. The lowest BCUT2D eigenvalue weighted by Gasteiger charge is -2.34. The molecule has 9 heteroatoms. The Balaban J connectivity index is 1.31. The summed E-state index contributed by atoms with van der Waals surface area (Å²) in [5.74, 6) is 0.0430. The Labute approximate surface area is 162 Å². The van der Waals surface area contributed by atoms with Crippen LogP contribution in [0.4, 0.5) is 15.1 Å². The molecule has 1 aliphatic heterocycles. The molecule has 0 aliphatic carbocycles. The fraction of sp³-hybridized carbons (Fsp3) is 0.368. The second-order valence-corrected chi connectivity index (χ2v) is 6.37. The van der Waals surface area contributed by atoms with Gasteiger partial charge in [0.2, 0.25) is 5.95 Å². The molecule has 3 amide bonds. The molecule has 1 aromatic carbocycles. The molecule has 1 fully saturated rings. The minimum atomic E-state index is -0.378. The predicted octanol–water partition coefficient (Wildman–Crippen LogP) is 1.27. The van der Waals surface area contributed by atoms with E-state index in [1.165, 1.54) is 24.3 Å². The zero-order valence-corrected chi connectivity index (χ0v) is 15.5. The van der Waals surface area contributed by atoms with Gasteiger partial charge in [-0.25, -0.2) is 19.2 Å². The van der Waals surface area contributed by atoms with E-state index in [9.17, 15) is 14.0 Å². The first-order chi connectivity index (χ1) is 13.6. The second-order valence-electron chi connectivity index (χ2n) is 6.37. The van der Waals surface area contributed by atoms with Crippen LogP contribution >= 0.6 is 0 Å². The molecule has 2 N–H and O–H groups in total. The van der Waals surface area contributed by atoms with Gasteiger partial charge in [0, 0.05) is 57.2 Å². The second kappa shape index (κ2) is 9.63. The van der Waals surface area contributed by atoms with E-state index in [-0.39, 0.29) is 17.8 Å². The van der Waals surface area contributed by atoms with E-state index in [1.807, 2.05) is 0 Å². The number of urea groups is 1. The number of piperazine rings is 1. The molecule has 0 atom stereocenters. The number of carbonyl (C=O) groups excluding carboxylic acids is 2. The van der Waals surface area contributed by atoms with Crippen LogP contribution in [0, 0.1) is 5.82 Å². The van der Waals surface area contributed by atoms with Crippen LogP contribution in [-0.4, -0.2) is 66.1 Å². The summed E-state index contributed by atoms with van der Waals surface area (Å²) in [5, 5.41) is 5.61. The van der Waals surface area contributed by atoms with Crippen molar-refractivity contribution < 1.29 is 14.0 Å². The Morgan fingerprint density at radius 3 is 2.29 bits per heavy atom. The first-order valence-corrected chi connectivity index (χ1v) is 9.22. The average molecular weight is 386 g/mol.